The molecule has 3 N–H and O–H groups in total. The van der Waals surface area contributed by atoms with Crippen LogP contribution in [0.25, 0.3) is 0 Å². The Morgan fingerprint density at radius 2 is 2.26 bits per heavy atom. The van der Waals surface area contributed by atoms with Gasteiger partial charge in [0.25, 0.3) is 0 Å². The molecule has 1 saturated heterocycles. The summed E-state index contributed by atoms with van der Waals surface area (Å²) in [7, 11) is 0. The first-order chi connectivity index (χ1) is 9.07. The first-order valence-corrected chi connectivity index (χ1v) is 6.80. The van der Waals surface area contributed by atoms with Crippen molar-refractivity contribution in [3.8, 4) is 5.75 Å². The molecule has 1 aliphatic rings. The molecular formula is C15H23NO3. The highest BCUT2D eigenvalue weighted by molar-refractivity contribution is 5.31. The number of nitrogens with two attached hydrogens (primary N) is 1. The number of hydrogen-bond acceptors (Lipinski definition) is 4. The van der Waals surface area contributed by atoms with Gasteiger partial charge in [-0.05, 0) is 38.0 Å². The number of aliphatic hydroxyl groups excluding tert-OH is 1. The number of ether oxygens (including phenoxy) is 2. The van der Waals surface area contributed by atoms with Gasteiger partial charge in [-0.25, -0.2) is 0 Å². The summed E-state index contributed by atoms with van der Waals surface area (Å²) >= 11 is 0. The standard InChI is InChI=1S/C15H23NO3/c1-11(2)19-13-5-3-4-12(8-13)14(17)15(9-16)6-7-18-10-15/h3-5,8,11,14,17H,6-7,9-10,16H2,1-2H3. The van der Waals surface area contributed by atoms with E-state index in [4.69, 9.17) is 15.2 Å². The van der Waals surface area contributed by atoms with Crippen LogP contribution >= 0.6 is 0 Å². The highest BCUT2D eigenvalue weighted by Crippen LogP contribution is 2.40. The molecule has 1 heterocycles. The van der Waals surface area contributed by atoms with E-state index < -0.39 is 6.10 Å². The fraction of sp³-hybridized carbons (Fsp3) is 0.600. The van der Waals surface area contributed by atoms with Gasteiger partial charge in [-0.2, -0.15) is 0 Å². The minimum absolute atomic E-state index is 0.116. The third-order valence-electron chi connectivity index (χ3n) is 3.67. The van der Waals surface area contributed by atoms with E-state index in [0.717, 1.165) is 17.7 Å². The highest BCUT2D eigenvalue weighted by atomic mass is 16.5. The summed E-state index contributed by atoms with van der Waals surface area (Å²) in [4.78, 5) is 0. The van der Waals surface area contributed by atoms with E-state index >= 15 is 0 Å². The highest BCUT2D eigenvalue weighted by Gasteiger charge is 2.41. The van der Waals surface area contributed by atoms with Gasteiger partial charge in [0.2, 0.25) is 0 Å². The van der Waals surface area contributed by atoms with Crippen LogP contribution in [0.2, 0.25) is 0 Å². The van der Waals surface area contributed by atoms with E-state index in [-0.39, 0.29) is 11.5 Å². The van der Waals surface area contributed by atoms with Gasteiger partial charge >= 0.3 is 0 Å². The minimum atomic E-state index is -0.615. The first kappa shape index (κ1) is 14.3. The van der Waals surface area contributed by atoms with Gasteiger partial charge in [0.05, 0.1) is 18.8 Å². The fourth-order valence-electron chi connectivity index (χ4n) is 2.49. The summed E-state index contributed by atoms with van der Waals surface area (Å²) in [6.45, 7) is 5.56. The Balaban J connectivity index is 2.20. The van der Waals surface area contributed by atoms with Crippen LogP contribution in [0.1, 0.15) is 31.9 Å². The Hall–Kier alpha value is -1.10. The van der Waals surface area contributed by atoms with E-state index in [0.29, 0.717) is 19.8 Å². The Kier molecular flexibility index (Phi) is 4.45. The Morgan fingerprint density at radius 1 is 1.47 bits per heavy atom. The molecule has 4 heteroatoms. The molecule has 1 fully saturated rings. The lowest BCUT2D eigenvalue weighted by molar-refractivity contribution is 0.0189. The normalized spacial score (nSPS) is 24.7. The third-order valence-corrected chi connectivity index (χ3v) is 3.67. The molecule has 2 rings (SSSR count). The average molecular weight is 265 g/mol. The van der Waals surface area contributed by atoms with Crippen molar-refractivity contribution >= 4 is 0 Å². The second-order valence-electron chi connectivity index (χ2n) is 5.51. The van der Waals surface area contributed by atoms with Gasteiger partial charge < -0.3 is 20.3 Å². The molecule has 0 aromatic heterocycles. The third kappa shape index (κ3) is 3.08. The largest absolute Gasteiger partial charge is 0.491 e. The van der Waals surface area contributed by atoms with Crippen molar-refractivity contribution in [3.05, 3.63) is 29.8 Å². The minimum Gasteiger partial charge on any atom is -0.491 e. The zero-order chi connectivity index (χ0) is 13.9. The molecule has 0 bridgehead atoms. The lowest BCUT2D eigenvalue weighted by Crippen LogP contribution is -2.37. The lowest BCUT2D eigenvalue weighted by atomic mass is 9.78. The summed E-state index contributed by atoms with van der Waals surface area (Å²) in [5.74, 6) is 0.776. The van der Waals surface area contributed by atoms with Gasteiger partial charge in [0.1, 0.15) is 5.75 Å². The molecule has 0 spiro atoms. The van der Waals surface area contributed by atoms with Crippen molar-refractivity contribution in [1.82, 2.24) is 0 Å². The quantitative estimate of drug-likeness (QED) is 0.853. The second-order valence-corrected chi connectivity index (χ2v) is 5.51. The summed E-state index contributed by atoms with van der Waals surface area (Å²) in [6.07, 6.45) is 0.293. The van der Waals surface area contributed by atoms with Crippen LogP contribution in [0.3, 0.4) is 0 Å². The lowest BCUT2D eigenvalue weighted by Gasteiger charge is -2.31. The smallest absolute Gasteiger partial charge is 0.120 e. The fourth-order valence-corrected chi connectivity index (χ4v) is 2.49. The maximum Gasteiger partial charge on any atom is 0.120 e. The van der Waals surface area contributed by atoms with Gasteiger partial charge in [0, 0.05) is 18.6 Å². The van der Waals surface area contributed by atoms with Gasteiger partial charge in [-0.15, -0.1) is 0 Å². The first-order valence-electron chi connectivity index (χ1n) is 6.80. The van der Waals surface area contributed by atoms with Crippen LogP contribution in [0.15, 0.2) is 24.3 Å². The van der Waals surface area contributed by atoms with Gasteiger partial charge in [-0.3, -0.25) is 0 Å². The van der Waals surface area contributed by atoms with Crippen molar-refractivity contribution in [2.45, 2.75) is 32.5 Å². The molecular weight excluding hydrogens is 242 g/mol. The maximum atomic E-state index is 10.6. The summed E-state index contributed by atoms with van der Waals surface area (Å²) in [5, 5.41) is 10.6. The average Bonchev–Trinajstić information content (AvgIpc) is 2.87. The number of aliphatic hydroxyl groups is 1. The summed E-state index contributed by atoms with van der Waals surface area (Å²) in [5.41, 5.74) is 6.33. The summed E-state index contributed by atoms with van der Waals surface area (Å²) < 4.78 is 11.1. The molecule has 4 nitrogen and oxygen atoms in total. The molecule has 1 aliphatic heterocycles. The molecule has 0 saturated carbocycles. The topological polar surface area (TPSA) is 64.7 Å². The molecule has 1 aromatic carbocycles. The molecule has 0 amide bonds. The maximum absolute atomic E-state index is 10.6. The van der Waals surface area contributed by atoms with Crippen LogP contribution in [0, 0.1) is 5.41 Å². The molecule has 1 aromatic rings. The summed E-state index contributed by atoms with van der Waals surface area (Å²) in [6, 6.07) is 7.60. The Morgan fingerprint density at radius 3 is 2.84 bits per heavy atom. The van der Waals surface area contributed by atoms with E-state index in [1.807, 2.05) is 38.1 Å². The predicted octanol–water partition coefficient (Wildman–Crippen LogP) is 1.87. The SMILES string of the molecule is CC(C)Oc1cccc(C(O)C2(CN)CCOC2)c1. The van der Waals surface area contributed by atoms with E-state index in [1.54, 1.807) is 0 Å². The van der Waals surface area contributed by atoms with E-state index in [2.05, 4.69) is 0 Å². The predicted molar refractivity (Wildman–Crippen MR) is 74.1 cm³/mol. The van der Waals surface area contributed by atoms with Crippen LogP contribution < -0.4 is 10.5 Å². The van der Waals surface area contributed by atoms with Crippen LogP contribution in [-0.4, -0.2) is 31.0 Å². The van der Waals surface area contributed by atoms with Crippen molar-refractivity contribution in [2.24, 2.45) is 11.1 Å². The number of rotatable bonds is 5. The van der Waals surface area contributed by atoms with Crippen molar-refractivity contribution in [1.29, 1.82) is 0 Å². The number of benzene rings is 1. The van der Waals surface area contributed by atoms with Crippen LogP contribution in [0.4, 0.5) is 0 Å². The van der Waals surface area contributed by atoms with Gasteiger partial charge in [0.15, 0.2) is 0 Å². The Bertz CT molecular complexity index is 414. The second kappa shape index (κ2) is 5.90. The van der Waals surface area contributed by atoms with Crippen molar-refractivity contribution < 1.29 is 14.6 Å². The molecule has 2 unspecified atom stereocenters. The van der Waals surface area contributed by atoms with Crippen molar-refractivity contribution in [2.75, 3.05) is 19.8 Å². The van der Waals surface area contributed by atoms with Crippen molar-refractivity contribution in [3.63, 3.8) is 0 Å². The number of hydrogen-bond donors (Lipinski definition) is 2. The monoisotopic (exact) mass is 265 g/mol. The molecule has 0 radical (unpaired) electrons. The molecule has 106 valence electrons. The zero-order valence-electron chi connectivity index (χ0n) is 11.6. The van der Waals surface area contributed by atoms with Crippen LogP contribution in [0.5, 0.6) is 5.75 Å². The Labute approximate surface area is 114 Å². The molecule has 19 heavy (non-hydrogen) atoms. The van der Waals surface area contributed by atoms with Gasteiger partial charge in [-0.1, -0.05) is 12.1 Å². The van der Waals surface area contributed by atoms with E-state index in [9.17, 15) is 5.11 Å². The van der Waals surface area contributed by atoms with Crippen LogP contribution in [-0.2, 0) is 4.74 Å². The van der Waals surface area contributed by atoms with E-state index in [1.165, 1.54) is 0 Å². The zero-order valence-corrected chi connectivity index (χ0v) is 11.6. The molecule has 2 atom stereocenters. The molecule has 0 aliphatic carbocycles.